The van der Waals surface area contributed by atoms with Crippen LogP contribution in [0.3, 0.4) is 0 Å². The van der Waals surface area contributed by atoms with Gasteiger partial charge in [0, 0.05) is 12.0 Å². The molecule has 1 aliphatic rings. The van der Waals surface area contributed by atoms with Crippen LogP contribution in [0.2, 0.25) is 0 Å². The molecule has 0 saturated heterocycles. The number of nitrogens with one attached hydrogen (secondary N) is 1. The molecule has 1 unspecified atom stereocenters. The average molecular weight is 248 g/mol. The predicted octanol–water partition coefficient (Wildman–Crippen LogP) is 1.39. The van der Waals surface area contributed by atoms with Crippen LogP contribution in [-0.4, -0.2) is 27.3 Å². The lowest BCUT2D eigenvalue weighted by Gasteiger charge is -2.32. The van der Waals surface area contributed by atoms with Crippen LogP contribution in [-0.2, 0) is 6.42 Å². The number of fused-ring (bicyclic) bond motifs is 1. The molecule has 0 bridgehead atoms. The average Bonchev–Trinajstić information content (AvgIpc) is 2.41. The Morgan fingerprint density at radius 1 is 1.33 bits per heavy atom. The van der Waals surface area contributed by atoms with E-state index in [1.54, 1.807) is 19.1 Å². The van der Waals surface area contributed by atoms with Crippen LogP contribution in [0.25, 0.3) is 0 Å². The van der Waals surface area contributed by atoms with Crippen molar-refractivity contribution in [1.82, 2.24) is 0 Å². The molecule has 0 radical (unpaired) electrons. The molecular formula is C15H22NO2+. The summed E-state index contributed by atoms with van der Waals surface area (Å²) in [6, 6.07) is 4.72. The van der Waals surface area contributed by atoms with E-state index in [1.165, 1.54) is 11.1 Å². The SMILES string of the molecule is C=CC[NH+]1CCc2cc(OC)c(OC)cc2[C@H]1C. The van der Waals surface area contributed by atoms with E-state index in [0.29, 0.717) is 6.04 Å². The number of benzene rings is 1. The van der Waals surface area contributed by atoms with Crippen molar-refractivity contribution in [3.63, 3.8) is 0 Å². The molecule has 18 heavy (non-hydrogen) atoms. The number of ether oxygens (including phenoxy) is 2. The van der Waals surface area contributed by atoms with Gasteiger partial charge in [-0.2, -0.15) is 0 Å². The zero-order chi connectivity index (χ0) is 13.1. The van der Waals surface area contributed by atoms with Crippen molar-refractivity contribution in [3.05, 3.63) is 35.9 Å². The minimum Gasteiger partial charge on any atom is -0.493 e. The Labute approximate surface area is 109 Å². The lowest BCUT2D eigenvalue weighted by atomic mass is 9.93. The van der Waals surface area contributed by atoms with Crippen molar-refractivity contribution >= 4 is 0 Å². The highest BCUT2D eigenvalue weighted by molar-refractivity contribution is 5.48. The first-order chi connectivity index (χ1) is 8.71. The van der Waals surface area contributed by atoms with Crippen molar-refractivity contribution in [3.8, 4) is 11.5 Å². The van der Waals surface area contributed by atoms with Crippen molar-refractivity contribution in [2.24, 2.45) is 0 Å². The largest absolute Gasteiger partial charge is 0.493 e. The van der Waals surface area contributed by atoms with Gasteiger partial charge < -0.3 is 14.4 Å². The van der Waals surface area contributed by atoms with Gasteiger partial charge in [-0.15, -0.1) is 0 Å². The van der Waals surface area contributed by atoms with E-state index >= 15 is 0 Å². The maximum Gasteiger partial charge on any atom is 0.161 e. The monoisotopic (exact) mass is 248 g/mol. The third-order valence-electron chi connectivity index (χ3n) is 3.85. The summed E-state index contributed by atoms with van der Waals surface area (Å²) in [5.74, 6) is 1.65. The van der Waals surface area contributed by atoms with Gasteiger partial charge in [-0.3, -0.25) is 0 Å². The fourth-order valence-corrected chi connectivity index (χ4v) is 2.75. The van der Waals surface area contributed by atoms with Gasteiger partial charge in [0.25, 0.3) is 0 Å². The van der Waals surface area contributed by atoms with E-state index in [-0.39, 0.29) is 0 Å². The second-order valence-electron chi connectivity index (χ2n) is 4.78. The highest BCUT2D eigenvalue weighted by Crippen LogP contribution is 2.33. The molecule has 2 rings (SSSR count). The van der Waals surface area contributed by atoms with Gasteiger partial charge >= 0.3 is 0 Å². The van der Waals surface area contributed by atoms with Crippen LogP contribution >= 0.6 is 0 Å². The zero-order valence-electron chi connectivity index (χ0n) is 11.5. The van der Waals surface area contributed by atoms with Crippen molar-refractivity contribution in [2.75, 3.05) is 27.3 Å². The van der Waals surface area contributed by atoms with Gasteiger partial charge in [-0.05, 0) is 30.7 Å². The topological polar surface area (TPSA) is 22.9 Å². The lowest BCUT2D eigenvalue weighted by molar-refractivity contribution is -0.926. The standard InChI is InChI=1S/C15H21NO2/c1-5-7-16-8-6-12-9-14(17-3)15(18-4)10-13(12)11(16)2/h5,9-11H,1,6-8H2,2-4H3/p+1/t11-/m1/s1. The number of rotatable bonds is 4. The van der Waals surface area contributed by atoms with E-state index in [9.17, 15) is 0 Å². The second-order valence-corrected chi connectivity index (χ2v) is 4.78. The fraction of sp³-hybridized carbons (Fsp3) is 0.467. The molecule has 1 N–H and O–H groups in total. The molecule has 3 heteroatoms. The third-order valence-corrected chi connectivity index (χ3v) is 3.85. The summed E-state index contributed by atoms with van der Waals surface area (Å²) in [6.07, 6.45) is 3.08. The Balaban J connectivity index is 2.38. The van der Waals surface area contributed by atoms with E-state index < -0.39 is 0 Å². The second kappa shape index (κ2) is 5.44. The normalized spacial score (nSPS) is 22.2. The Kier molecular flexibility index (Phi) is 3.92. The van der Waals surface area contributed by atoms with E-state index in [2.05, 4.69) is 25.6 Å². The highest BCUT2D eigenvalue weighted by Gasteiger charge is 2.28. The Morgan fingerprint density at radius 2 is 2.00 bits per heavy atom. The number of hydrogen-bond acceptors (Lipinski definition) is 2. The Bertz CT molecular complexity index is 442. The number of quaternary nitrogens is 1. The summed E-state index contributed by atoms with van der Waals surface area (Å²) in [5, 5.41) is 0. The molecule has 1 aliphatic heterocycles. The molecule has 1 heterocycles. The molecule has 0 amide bonds. The van der Waals surface area contributed by atoms with Crippen molar-refractivity contribution in [2.45, 2.75) is 19.4 Å². The number of methoxy groups -OCH3 is 2. The fourth-order valence-electron chi connectivity index (χ4n) is 2.75. The van der Waals surface area contributed by atoms with Gasteiger partial charge in [0.15, 0.2) is 11.5 Å². The Hall–Kier alpha value is -1.48. The smallest absolute Gasteiger partial charge is 0.161 e. The van der Waals surface area contributed by atoms with E-state index in [0.717, 1.165) is 31.0 Å². The van der Waals surface area contributed by atoms with Crippen LogP contribution in [0.5, 0.6) is 11.5 Å². The lowest BCUT2D eigenvalue weighted by Crippen LogP contribution is -3.12. The van der Waals surface area contributed by atoms with Crippen LogP contribution in [0, 0.1) is 0 Å². The molecule has 1 aromatic carbocycles. The van der Waals surface area contributed by atoms with Crippen molar-refractivity contribution < 1.29 is 14.4 Å². The van der Waals surface area contributed by atoms with Gasteiger partial charge in [-0.25, -0.2) is 0 Å². The molecule has 0 saturated carbocycles. The first-order valence-corrected chi connectivity index (χ1v) is 6.41. The summed E-state index contributed by atoms with van der Waals surface area (Å²) in [5.41, 5.74) is 2.75. The molecule has 0 aliphatic carbocycles. The van der Waals surface area contributed by atoms with Crippen LogP contribution in [0.1, 0.15) is 24.1 Å². The molecule has 0 aromatic heterocycles. The molecular weight excluding hydrogens is 226 g/mol. The van der Waals surface area contributed by atoms with Gasteiger partial charge in [-0.1, -0.05) is 6.58 Å². The summed E-state index contributed by atoms with van der Waals surface area (Å²) < 4.78 is 10.8. The molecule has 98 valence electrons. The summed E-state index contributed by atoms with van der Waals surface area (Å²) in [4.78, 5) is 1.56. The van der Waals surface area contributed by atoms with E-state index in [1.807, 2.05) is 6.08 Å². The summed E-state index contributed by atoms with van der Waals surface area (Å²) in [7, 11) is 3.37. The highest BCUT2D eigenvalue weighted by atomic mass is 16.5. The van der Waals surface area contributed by atoms with Gasteiger partial charge in [0.2, 0.25) is 0 Å². The van der Waals surface area contributed by atoms with Crippen LogP contribution in [0.4, 0.5) is 0 Å². The van der Waals surface area contributed by atoms with Gasteiger partial charge in [0.05, 0.1) is 27.3 Å². The molecule has 3 nitrogen and oxygen atoms in total. The first-order valence-electron chi connectivity index (χ1n) is 6.41. The Morgan fingerprint density at radius 3 is 2.61 bits per heavy atom. The van der Waals surface area contributed by atoms with Crippen molar-refractivity contribution in [1.29, 1.82) is 0 Å². The maximum absolute atomic E-state index is 5.39. The minimum absolute atomic E-state index is 0.478. The zero-order valence-corrected chi connectivity index (χ0v) is 11.5. The van der Waals surface area contributed by atoms with Crippen LogP contribution < -0.4 is 14.4 Å². The third kappa shape index (κ3) is 2.23. The summed E-state index contributed by atoms with van der Waals surface area (Å²) in [6.45, 7) is 8.26. The number of hydrogen-bond donors (Lipinski definition) is 1. The molecule has 2 atom stereocenters. The quantitative estimate of drug-likeness (QED) is 0.814. The molecule has 1 aromatic rings. The van der Waals surface area contributed by atoms with Crippen LogP contribution in [0.15, 0.2) is 24.8 Å². The summed E-state index contributed by atoms with van der Waals surface area (Å²) >= 11 is 0. The van der Waals surface area contributed by atoms with Gasteiger partial charge in [0.1, 0.15) is 6.04 Å². The maximum atomic E-state index is 5.39. The minimum atomic E-state index is 0.478. The molecule has 0 fully saturated rings. The predicted molar refractivity (Wildman–Crippen MR) is 72.6 cm³/mol. The van der Waals surface area contributed by atoms with E-state index in [4.69, 9.17) is 9.47 Å². The molecule has 0 spiro atoms. The first kappa shape index (κ1) is 13.0.